The summed E-state index contributed by atoms with van der Waals surface area (Å²) in [6, 6.07) is 14.0. The van der Waals surface area contributed by atoms with Crippen molar-refractivity contribution in [3.8, 4) is 11.5 Å². The molecule has 0 aliphatic heterocycles. The molecule has 0 amide bonds. The molecule has 2 aromatic rings. The fourth-order valence-corrected chi connectivity index (χ4v) is 3.35. The zero-order valence-corrected chi connectivity index (χ0v) is 14.1. The number of rotatable bonds is 8. The first-order chi connectivity index (χ1) is 11.0. The summed E-state index contributed by atoms with van der Waals surface area (Å²) in [5.74, 6) is 0.687. The smallest absolute Gasteiger partial charge is 0.298 e. The Morgan fingerprint density at radius 3 is 2.35 bits per heavy atom. The third kappa shape index (κ3) is 5.08. The molecule has 0 aliphatic carbocycles. The van der Waals surface area contributed by atoms with E-state index in [1.54, 1.807) is 42.5 Å². The molecule has 0 unspecified atom stereocenters. The maximum atomic E-state index is 11.8. The lowest BCUT2D eigenvalue weighted by molar-refractivity contribution is 0.447. The van der Waals surface area contributed by atoms with Gasteiger partial charge in [-0.25, -0.2) is 0 Å². The summed E-state index contributed by atoms with van der Waals surface area (Å²) in [6.45, 7) is 2.12. The van der Waals surface area contributed by atoms with Crippen LogP contribution in [0.25, 0.3) is 0 Å². The molecule has 5 heteroatoms. The van der Waals surface area contributed by atoms with Crippen LogP contribution in [-0.4, -0.2) is 13.0 Å². The van der Waals surface area contributed by atoms with Gasteiger partial charge in [0.2, 0.25) is 0 Å². The number of para-hydroxylation sites is 1. The van der Waals surface area contributed by atoms with Crippen LogP contribution in [0.1, 0.15) is 38.2 Å². The third-order valence-electron chi connectivity index (χ3n) is 3.59. The van der Waals surface area contributed by atoms with Gasteiger partial charge in [-0.1, -0.05) is 56.5 Å². The fourth-order valence-electron chi connectivity index (χ4n) is 2.49. The van der Waals surface area contributed by atoms with Gasteiger partial charge in [0.25, 0.3) is 10.1 Å². The second kappa shape index (κ2) is 8.13. The Morgan fingerprint density at radius 2 is 1.70 bits per heavy atom. The van der Waals surface area contributed by atoms with Crippen molar-refractivity contribution in [2.45, 2.75) is 43.9 Å². The molecule has 0 atom stereocenters. The van der Waals surface area contributed by atoms with Gasteiger partial charge in [0, 0.05) is 0 Å². The first-order valence-electron chi connectivity index (χ1n) is 7.84. The summed E-state index contributed by atoms with van der Waals surface area (Å²) in [5, 5.41) is 0. The van der Waals surface area contributed by atoms with E-state index in [0.29, 0.717) is 17.7 Å². The van der Waals surface area contributed by atoms with Gasteiger partial charge in [0.05, 0.1) is 0 Å². The zero-order valence-electron chi connectivity index (χ0n) is 13.2. The number of hydrogen-bond donors (Lipinski definition) is 1. The monoisotopic (exact) mass is 334 g/mol. The van der Waals surface area contributed by atoms with Crippen molar-refractivity contribution in [1.82, 2.24) is 0 Å². The van der Waals surface area contributed by atoms with Gasteiger partial charge in [-0.15, -0.1) is 0 Å². The lowest BCUT2D eigenvalue weighted by atomic mass is 10.1. The number of hydrogen-bond acceptors (Lipinski definition) is 3. The molecular weight excluding hydrogens is 312 g/mol. The number of aryl methyl sites for hydroxylation is 1. The molecule has 0 saturated heterocycles. The van der Waals surface area contributed by atoms with Crippen LogP contribution in [0.3, 0.4) is 0 Å². The van der Waals surface area contributed by atoms with E-state index in [9.17, 15) is 13.0 Å². The Balaban J connectivity index is 2.31. The Kier molecular flexibility index (Phi) is 6.19. The predicted octanol–water partition coefficient (Wildman–Crippen LogP) is 4.85. The van der Waals surface area contributed by atoms with E-state index in [2.05, 4.69) is 6.92 Å². The van der Waals surface area contributed by atoms with Gasteiger partial charge >= 0.3 is 0 Å². The molecule has 23 heavy (non-hydrogen) atoms. The molecule has 0 aliphatic rings. The lowest BCUT2D eigenvalue weighted by Crippen LogP contribution is -2.06. The van der Waals surface area contributed by atoms with Crippen molar-refractivity contribution in [2.75, 3.05) is 0 Å². The van der Waals surface area contributed by atoms with Crippen LogP contribution in [0.5, 0.6) is 11.5 Å². The van der Waals surface area contributed by atoms with Crippen molar-refractivity contribution in [3.63, 3.8) is 0 Å². The molecule has 124 valence electrons. The van der Waals surface area contributed by atoms with E-state index >= 15 is 0 Å². The summed E-state index contributed by atoms with van der Waals surface area (Å²) in [6.07, 6.45) is 4.74. The maximum absolute atomic E-state index is 11.8. The Labute approximate surface area is 137 Å². The minimum atomic E-state index is -4.35. The van der Waals surface area contributed by atoms with E-state index in [4.69, 9.17) is 4.74 Å². The van der Waals surface area contributed by atoms with Gasteiger partial charge in [0.1, 0.15) is 16.4 Å². The van der Waals surface area contributed by atoms with Crippen LogP contribution in [0.2, 0.25) is 0 Å². The number of ether oxygens (including phenoxy) is 1. The molecule has 2 rings (SSSR count). The molecular formula is C18H22O4S. The van der Waals surface area contributed by atoms with E-state index in [1.165, 1.54) is 0 Å². The second-order valence-electron chi connectivity index (χ2n) is 5.45. The number of unbranched alkanes of at least 4 members (excludes halogenated alkanes) is 3. The highest BCUT2D eigenvalue weighted by Crippen LogP contribution is 2.32. The first-order valence-corrected chi connectivity index (χ1v) is 9.28. The van der Waals surface area contributed by atoms with Crippen molar-refractivity contribution in [1.29, 1.82) is 0 Å². The SMILES string of the molecule is CCCCCCc1cccc(Oc2ccccc2)c1S(=O)(=O)O. The number of benzene rings is 2. The van der Waals surface area contributed by atoms with Crippen molar-refractivity contribution >= 4 is 10.1 Å². The average molecular weight is 334 g/mol. The van der Waals surface area contributed by atoms with Crippen molar-refractivity contribution in [2.24, 2.45) is 0 Å². The van der Waals surface area contributed by atoms with E-state index in [-0.39, 0.29) is 10.6 Å². The van der Waals surface area contributed by atoms with Crippen LogP contribution < -0.4 is 4.74 Å². The fraction of sp³-hybridized carbons (Fsp3) is 0.333. The van der Waals surface area contributed by atoms with Crippen LogP contribution >= 0.6 is 0 Å². The molecule has 0 spiro atoms. The van der Waals surface area contributed by atoms with Crippen molar-refractivity contribution < 1.29 is 17.7 Å². The molecule has 0 saturated carbocycles. The molecule has 0 aromatic heterocycles. The van der Waals surface area contributed by atoms with E-state index in [0.717, 1.165) is 25.7 Å². The minimum absolute atomic E-state index is 0.125. The third-order valence-corrected chi connectivity index (χ3v) is 4.57. The van der Waals surface area contributed by atoms with Crippen LogP contribution in [-0.2, 0) is 16.5 Å². The molecule has 4 nitrogen and oxygen atoms in total. The van der Waals surface area contributed by atoms with Gasteiger partial charge in [-0.05, 0) is 36.6 Å². The van der Waals surface area contributed by atoms with Gasteiger partial charge in [0.15, 0.2) is 0 Å². The molecule has 0 fully saturated rings. The van der Waals surface area contributed by atoms with E-state index in [1.807, 2.05) is 6.07 Å². The summed E-state index contributed by atoms with van der Waals surface area (Å²) in [7, 11) is -4.35. The summed E-state index contributed by atoms with van der Waals surface area (Å²) < 4.78 is 38.9. The molecule has 0 radical (unpaired) electrons. The van der Waals surface area contributed by atoms with Crippen molar-refractivity contribution in [3.05, 3.63) is 54.1 Å². The normalized spacial score (nSPS) is 11.4. The molecule has 2 aromatic carbocycles. The maximum Gasteiger partial charge on any atom is 0.298 e. The average Bonchev–Trinajstić information content (AvgIpc) is 2.51. The van der Waals surface area contributed by atoms with Crippen LogP contribution in [0.15, 0.2) is 53.4 Å². The molecule has 0 bridgehead atoms. The summed E-state index contributed by atoms with van der Waals surface area (Å²) in [5.41, 5.74) is 0.594. The standard InChI is InChI=1S/C18H22O4S/c1-2-3-4-6-10-15-11-9-14-17(18(15)23(19,20)21)22-16-12-7-5-8-13-16/h5,7-9,11-14H,2-4,6,10H2,1H3,(H,19,20,21). The van der Waals surface area contributed by atoms with Crippen LogP contribution in [0, 0.1) is 0 Å². The first kappa shape index (κ1) is 17.5. The highest BCUT2D eigenvalue weighted by atomic mass is 32.2. The quantitative estimate of drug-likeness (QED) is 0.554. The predicted molar refractivity (Wildman–Crippen MR) is 90.6 cm³/mol. The second-order valence-corrected chi connectivity index (χ2v) is 6.80. The Morgan fingerprint density at radius 1 is 0.957 bits per heavy atom. The zero-order chi connectivity index (χ0) is 16.7. The topological polar surface area (TPSA) is 63.6 Å². The molecule has 0 heterocycles. The summed E-state index contributed by atoms with van der Waals surface area (Å²) >= 11 is 0. The highest BCUT2D eigenvalue weighted by Gasteiger charge is 2.21. The minimum Gasteiger partial charge on any atom is -0.456 e. The van der Waals surface area contributed by atoms with Gasteiger partial charge < -0.3 is 4.74 Å². The largest absolute Gasteiger partial charge is 0.456 e. The van der Waals surface area contributed by atoms with Gasteiger partial charge in [-0.3, -0.25) is 4.55 Å². The van der Waals surface area contributed by atoms with Gasteiger partial charge in [-0.2, -0.15) is 8.42 Å². The molecule has 1 N–H and O–H groups in total. The summed E-state index contributed by atoms with van der Waals surface area (Å²) in [4.78, 5) is -0.125. The Bertz CT molecular complexity index is 724. The highest BCUT2D eigenvalue weighted by molar-refractivity contribution is 7.86. The van der Waals surface area contributed by atoms with Crippen LogP contribution in [0.4, 0.5) is 0 Å². The van der Waals surface area contributed by atoms with E-state index < -0.39 is 10.1 Å². The lowest BCUT2D eigenvalue weighted by Gasteiger charge is -2.13. The Hall–Kier alpha value is -1.85.